The van der Waals surface area contributed by atoms with E-state index in [0.717, 1.165) is 89.3 Å². The first kappa shape index (κ1) is 46.2. The lowest BCUT2D eigenvalue weighted by Gasteiger charge is -2.10. The highest BCUT2D eigenvalue weighted by molar-refractivity contribution is 14.2. The maximum absolute atomic E-state index is 13.3. The minimum absolute atomic E-state index is 0.150. The highest BCUT2D eigenvalue weighted by Gasteiger charge is 2.26. The van der Waals surface area contributed by atoms with E-state index in [4.69, 9.17) is 18.9 Å². The van der Waals surface area contributed by atoms with Crippen LogP contribution in [0.5, 0.6) is 0 Å². The van der Waals surface area contributed by atoms with Crippen LogP contribution < -0.4 is 0 Å². The van der Waals surface area contributed by atoms with Gasteiger partial charge in [-0.3, -0.25) is 0 Å². The predicted octanol–water partition coefficient (Wildman–Crippen LogP) is 12.4. The number of allylic oxidation sites excluding steroid dienone is 6. The van der Waals surface area contributed by atoms with Crippen molar-refractivity contribution in [2.45, 2.75) is 77.0 Å². The number of ether oxygens (including phenoxy) is 4. The maximum Gasteiger partial charge on any atom is 0.523 e. The van der Waals surface area contributed by atoms with Crippen molar-refractivity contribution in [3.63, 3.8) is 0 Å². The van der Waals surface area contributed by atoms with E-state index in [9.17, 15) is 19.2 Å². The third-order valence-corrected chi connectivity index (χ3v) is 13.9. The number of hydrogen-bond acceptors (Lipinski definition) is 9. The highest BCUT2D eigenvalue weighted by Crippen LogP contribution is 2.41. The van der Waals surface area contributed by atoms with Crippen molar-refractivity contribution < 1.29 is 38.1 Å². The zero-order valence-electron chi connectivity index (χ0n) is 33.1. The van der Waals surface area contributed by atoms with Crippen molar-refractivity contribution in [3.8, 4) is 20.2 Å². The van der Waals surface area contributed by atoms with Crippen molar-refractivity contribution in [3.05, 3.63) is 125 Å². The summed E-state index contributed by atoms with van der Waals surface area (Å²) in [6.07, 6.45) is 21.1. The number of unbranched alkanes of at least 4 members (excludes halogenated alkanes) is 8. The number of esters is 4. The molecule has 1 aliphatic heterocycles. The molecular formula is C47H54IO8S2+. The number of carbonyl (C=O) groups is 3. The largest absolute Gasteiger partial charge is 0.523 e. The number of rotatable bonds is 27. The van der Waals surface area contributed by atoms with Gasteiger partial charge in [-0.05, 0) is 136 Å². The fourth-order valence-electron chi connectivity index (χ4n) is 5.61. The molecule has 3 aromatic rings. The molecule has 58 heavy (non-hydrogen) atoms. The van der Waals surface area contributed by atoms with Crippen molar-refractivity contribution in [2.75, 3.05) is 26.4 Å². The van der Waals surface area contributed by atoms with Crippen LogP contribution in [-0.4, -0.2) is 58.6 Å². The molecule has 0 bridgehead atoms. The van der Waals surface area contributed by atoms with Gasteiger partial charge in [0.05, 0.1) is 34.5 Å². The fourth-order valence-corrected chi connectivity index (χ4v) is 10.1. The molecule has 2 aromatic heterocycles. The molecule has 1 aliphatic rings. The predicted molar refractivity (Wildman–Crippen MR) is 249 cm³/mol. The number of hydrogen-bond donors (Lipinski definition) is 0. The smallest absolute Gasteiger partial charge is 0.462 e. The third kappa shape index (κ3) is 15.0. The standard InChI is InChI=1S/C47H53IO8S2/c1-5-9-13-17-25-53-44(49)36-29-34(30-37(31-36)45(50)54-26-18-14-10-6-2)40-21-23-42(57-40)43-24-22-41(58-43)35-32-38(46(51)55-27-19-15-11-7-3)48-39(33-35)47(52)56-28-20-16-12-8-4/h5-8,21-24,29-33H,1-4,9-20,25-28H2/p+1. The molecule has 0 saturated heterocycles. The van der Waals surface area contributed by atoms with Crippen molar-refractivity contribution >= 4 is 76.4 Å². The summed E-state index contributed by atoms with van der Waals surface area (Å²) in [7, 11) is 0. The van der Waals surface area contributed by atoms with Gasteiger partial charge in [-0.15, -0.1) is 49.0 Å². The third-order valence-electron chi connectivity index (χ3n) is 8.74. The van der Waals surface area contributed by atoms with Crippen LogP contribution in [0.3, 0.4) is 0 Å². The Kier molecular flexibility index (Phi) is 20.6. The Labute approximate surface area is 360 Å². The van der Waals surface area contributed by atoms with Crippen LogP contribution in [0.15, 0.2) is 109 Å². The van der Waals surface area contributed by atoms with E-state index in [1.165, 1.54) is 17.4 Å². The van der Waals surface area contributed by atoms with Crippen molar-refractivity contribution in [1.29, 1.82) is 0 Å². The van der Waals surface area contributed by atoms with Gasteiger partial charge in [0, 0.05) is 25.9 Å². The Bertz CT molecular complexity index is 1930. The SMILES string of the molecule is C=CCCCCOC(=O)C1=CC(c2ccc(-c3ccc(-c4cc(C(=O)OCCCCC=C)cc(C(=O)OCCCCC=C)c4)s3)s2)=CC(C(=[OH+])OCCCCC=C)=I1. The summed E-state index contributed by atoms with van der Waals surface area (Å²) in [5.41, 5.74) is 2.06. The lowest BCUT2D eigenvalue weighted by Crippen LogP contribution is -2.18. The summed E-state index contributed by atoms with van der Waals surface area (Å²) in [6.45, 7) is 16.2. The lowest BCUT2D eigenvalue weighted by atomic mass is 10.0. The zero-order chi connectivity index (χ0) is 41.5. The Morgan fingerprint density at radius 1 is 0.552 bits per heavy atom. The maximum atomic E-state index is 13.3. The lowest BCUT2D eigenvalue weighted by molar-refractivity contribution is -0.138. The molecule has 11 heteroatoms. The summed E-state index contributed by atoms with van der Waals surface area (Å²) < 4.78 is 23.7. The van der Waals surface area contributed by atoms with Crippen LogP contribution in [0, 0.1) is 0 Å². The number of carbonyl (C=O) groups excluding carboxylic acids is 4. The summed E-state index contributed by atoms with van der Waals surface area (Å²) in [4.78, 5) is 54.4. The minimum atomic E-state index is -1.05. The van der Waals surface area contributed by atoms with Crippen molar-refractivity contribution in [1.82, 2.24) is 0 Å². The van der Waals surface area contributed by atoms with Crippen LogP contribution >= 0.6 is 43.4 Å². The van der Waals surface area contributed by atoms with E-state index < -0.39 is 32.7 Å². The average molecular weight is 938 g/mol. The molecule has 4 rings (SSSR count). The Morgan fingerprint density at radius 3 is 1.48 bits per heavy atom. The van der Waals surface area contributed by atoms with E-state index in [0.29, 0.717) is 38.7 Å². The van der Waals surface area contributed by atoms with E-state index in [1.807, 2.05) is 60.7 Å². The molecule has 0 spiro atoms. The van der Waals surface area contributed by atoms with Gasteiger partial charge >= 0.3 is 23.9 Å². The van der Waals surface area contributed by atoms with Gasteiger partial charge in [-0.25, -0.2) is 14.4 Å². The molecule has 0 aliphatic carbocycles. The van der Waals surface area contributed by atoms with Crippen LogP contribution in [0.1, 0.15) is 103 Å². The molecular weight excluding hydrogens is 884 g/mol. The summed E-state index contributed by atoms with van der Waals surface area (Å²) in [5, 5.41) is 0. The molecule has 0 unspecified atom stereocenters. The summed E-state index contributed by atoms with van der Waals surface area (Å²) >= 11 is 2.05. The monoisotopic (exact) mass is 937 g/mol. The van der Waals surface area contributed by atoms with Crippen molar-refractivity contribution in [2.24, 2.45) is 0 Å². The van der Waals surface area contributed by atoms with E-state index in [2.05, 4.69) is 26.3 Å². The molecule has 0 saturated carbocycles. The number of halogens is 1. The minimum Gasteiger partial charge on any atom is -0.462 e. The average Bonchev–Trinajstić information content (AvgIpc) is 3.94. The summed E-state index contributed by atoms with van der Waals surface area (Å²) in [5.74, 6) is -1.51. The fraction of sp³-hybridized carbons (Fsp3) is 0.340. The molecule has 308 valence electrons. The van der Waals surface area contributed by atoms with E-state index in [1.54, 1.807) is 23.5 Å². The molecule has 0 atom stereocenters. The van der Waals surface area contributed by atoms with Crippen LogP contribution in [-0.2, 0) is 23.7 Å². The first-order valence-corrected chi connectivity index (χ1v) is 23.5. The molecule has 8 nitrogen and oxygen atoms in total. The molecule has 0 fully saturated rings. The molecule has 1 aromatic carbocycles. The van der Waals surface area contributed by atoms with Gasteiger partial charge < -0.3 is 23.7 Å². The number of thiophene rings is 2. The highest BCUT2D eigenvalue weighted by atomic mass is 127. The van der Waals surface area contributed by atoms with Gasteiger partial charge in [-0.2, -0.15) is 0 Å². The van der Waals surface area contributed by atoms with E-state index >= 15 is 0 Å². The molecule has 0 radical (unpaired) electrons. The quantitative estimate of drug-likeness (QED) is 0.0187. The van der Waals surface area contributed by atoms with Gasteiger partial charge in [0.25, 0.3) is 0 Å². The summed E-state index contributed by atoms with van der Waals surface area (Å²) in [6, 6.07) is 13.1. The molecule has 0 amide bonds. The topological polar surface area (TPSA) is 110 Å². The van der Waals surface area contributed by atoms with E-state index in [-0.39, 0.29) is 36.3 Å². The second-order valence-corrected chi connectivity index (χ2v) is 18.4. The normalized spacial score (nSPS) is 12.2. The first-order chi connectivity index (χ1) is 28.3. The van der Waals surface area contributed by atoms with Crippen LogP contribution in [0.4, 0.5) is 0 Å². The Hall–Kier alpha value is -4.46. The molecule has 1 N–H and O–H groups in total. The van der Waals surface area contributed by atoms with Gasteiger partial charge in [0.1, 0.15) is 0 Å². The first-order valence-electron chi connectivity index (χ1n) is 19.7. The Morgan fingerprint density at radius 2 is 0.983 bits per heavy atom. The molecule has 3 heterocycles. The second kappa shape index (κ2) is 25.8. The van der Waals surface area contributed by atoms with Crippen LogP contribution in [0.2, 0.25) is 0 Å². The Balaban J connectivity index is 1.58. The number of benzene rings is 1. The van der Waals surface area contributed by atoms with Gasteiger partial charge in [0.15, 0.2) is 10.1 Å². The van der Waals surface area contributed by atoms with Crippen LogP contribution in [0.25, 0.3) is 25.8 Å². The zero-order valence-corrected chi connectivity index (χ0v) is 36.9. The van der Waals surface area contributed by atoms with Gasteiger partial charge in [0.2, 0.25) is 0 Å². The second-order valence-electron chi connectivity index (χ2n) is 13.4. The van der Waals surface area contributed by atoms with Gasteiger partial charge in [-0.1, -0.05) is 45.0 Å².